The predicted octanol–water partition coefficient (Wildman–Crippen LogP) is 3.64. The second kappa shape index (κ2) is 5.40. The minimum Gasteiger partial charge on any atom is -0.323 e. The van der Waals surface area contributed by atoms with Crippen molar-refractivity contribution >= 4 is 11.3 Å². The van der Waals surface area contributed by atoms with Gasteiger partial charge in [-0.15, -0.1) is 11.3 Å². The van der Waals surface area contributed by atoms with E-state index in [1.54, 1.807) is 11.3 Å². The molecule has 0 aliphatic heterocycles. The number of hydrogen-bond acceptors (Lipinski definition) is 2. The number of nitrogens with two attached hydrogens (primary N) is 1. The van der Waals surface area contributed by atoms with Crippen molar-refractivity contribution in [2.24, 2.45) is 5.73 Å². The van der Waals surface area contributed by atoms with Crippen molar-refractivity contribution in [3.63, 3.8) is 0 Å². The highest BCUT2D eigenvalue weighted by atomic mass is 32.1. The Bertz CT molecular complexity index is 242. The van der Waals surface area contributed by atoms with Crippen molar-refractivity contribution in [3.05, 3.63) is 21.9 Å². The molecule has 0 spiro atoms. The van der Waals surface area contributed by atoms with Crippen molar-refractivity contribution in [2.75, 3.05) is 0 Å². The summed E-state index contributed by atoms with van der Waals surface area (Å²) in [6.07, 6.45) is 4.97. The number of unbranched alkanes of at least 4 members (excludes halogenated alkanes) is 2. The van der Waals surface area contributed by atoms with Gasteiger partial charge in [-0.2, -0.15) is 0 Å². The van der Waals surface area contributed by atoms with E-state index in [1.807, 2.05) is 0 Å². The molecule has 0 amide bonds. The fraction of sp³-hybridized carbons (Fsp3) is 0.636. The lowest BCUT2D eigenvalue weighted by Crippen LogP contribution is -2.09. The van der Waals surface area contributed by atoms with Crippen molar-refractivity contribution in [3.8, 4) is 0 Å². The van der Waals surface area contributed by atoms with E-state index in [0.717, 1.165) is 6.42 Å². The molecule has 74 valence electrons. The van der Waals surface area contributed by atoms with Crippen LogP contribution in [0.2, 0.25) is 0 Å². The fourth-order valence-electron chi connectivity index (χ4n) is 1.51. The Labute approximate surface area is 85.0 Å². The highest BCUT2D eigenvalue weighted by Crippen LogP contribution is 2.25. The Morgan fingerprint density at radius 1 is 1.46 bits per heavy atom. The molecule has 1 heterocycles. The lowest BCUT2D eigenvalue weighted by Gasteiger charge is -2.10. The topological polar surface area (TPSA) is 26.0 Å². The van der Waals surface area contributed by atoms with Crippen molar-refractivity contribution < 1.29 is 0 Å². The highest BCUT2D eigenvalue weighted by Gasteiger charge is 2.09. The van der Waals surface area contributed by atoms with E-state index in [-0.39, 0.29) is 6.04 Å². The summed E-state index contributed by atoms with van der Waals surface area (Å²) < 4.78 is 0. The number of rotatable bonds is 5. The molecule has 0 aliphatic carbocycles. The molecule has 1 rings (SSSR count). The molecule has 13 heavy (non-hydrogen) atoms. The molecule has 0 saturated heterocycles. The van der Waals surface area contributed by atoms with E-state index in [0.29, 0.717) is 0 Å². The summed E-state index contributed by atoms with van der Waals surface area (Å²) in [5.74, 6) is 0. The molecule has 1 nitrogen and oxygen atoms in total. The first-order valence-electron chi connectivity index (χ1n) is 5.05. The van der Waals surface area contributed by atoms with Crippen molar-refractivity contribution in [1.29, 1.82) is 0 Å². The summed E-state index contributed by atoms with van der Waals surface area (Å²) >= 11 is 1.79. The molecule has 0 fully saturated rings. The van der Waals surface area contributed by atoms with Crippen LogP contribution in [0.15, 0.2) is 11.4 Å². The lowest BCUT2D eigenvalue weighted by atomic mass is 10.1. The molecule has 0 aromatic carbocycles. The second-order valence-electron chi connectivity index (χ2n) is 3.57. The monoisotopic (exact) mass is 197 g/mol. The summed E-state index contributed by atoms with van der Waals surface area (Å²) in [5, 5.41) is 2.13. The predicted molar refractivity (Wildman–Crippen MR) is 60.1 cm³/mol. The van der Waals surface area contributed by atoms with Crippen LogP contribution in [-0.2, 0) is 0 Å². The molecule has 1 atom stereocenters. The number of hydrogen-bond donors (Lipinski definition) is 1. The Morgan fingerprint density at radius 2 is 2.23 bits per heavy atom. The Hall–Kier alpha value is -0.340. The maximum atomic E-state index is 6.09. The second-order valence-corrected chi connectivity index (χ2v) is 4.52. The first-order valence-corrected chi connectivity index (χ1v) is 5.93. The first-order chi connectivity index (χ1) is 6.25. The molecule has 0 bridgehead atoms. The first kappa shape index (κ1) is 10.7. The van der Waals surface area contributed by atoms with Gasteiger partial charge in [0.2, 0.25) is 0 Å². The smallest absolute Gasteiger partial charge is 0.0392 e. The molecular weight excluding hydrogens is 178 g/mol. The third kappa shape index (κ3) is 3.12. The fourth-order valence-corrected chi connectivity index (χ4v) is 2.47. The lowest BCUT2D eigenvalue weighted by molar-refractivity contribution is 0.586. The average Bonchev–Trinajstić information content (AvgIpc) is 2.52. The quantitative estimate of drug-likeness (QED) is 0.717. The van der Waals surface area contributed by atoms with Crippen LogP contribution in [0.3, 0.4) is 0 Å². The third-order valence-corrected chi connectivity index (χ3v) is 3.51. The van der Waals surface area contributed by atoms with Crippen molar-refractivity contribution in [1.82, 2.24) is 0 Å². The average molecular weight is 197 g/mol. The molecule has 1 unspecified atom stereocenters. The number of aryl methyl sites for hydroxylation is 1. The molecule has 2 N–H and O–H groups in total. The van der Waals surface area contributed by atoms with Crippen LogP contribution in [0, 0.1) is 6.92 Å². The van der Waals surface area contributed by atoms with Crippen LogP contribution in [0.5, 0.6) is 0 Å². The van der Waals surface area contributed by atoms with Gasteiger partial charge in [0.1, 0.15) is 0 Å². The van der Waals surface area contributed by atoms with E-state index < -0.39 is 0 Å². The van der Waals surface area contributed by atoms with Crippen molar-refractivity contribution in [2.45, 2.75) is 45.6 Å². The van der Waals surface area contributed by atoms with Crippen LogP contribution in [0.1, 0.15) is 49.1 Å². The SMILES string of the molecule is CCCCCC(N)c1sccc1C. The molecule has 0 aliphatic rings. The van der Waals surface area contributed by atoms with Crippen LogP contribution in [0.4, 0.5) is 0 Å². The van der Waals surface area contributed by atoms with Crippen LogP contribution in [-0.4, -0.2) is 0 Å². The molecule has 1 aromatic rings. The Kier molecular flexibility index (Phi) is 4.46. The van der Waals surface area contributed by atoms with Gasteiger partial charge < -0.3 is 5.73 Å². The number of thiophene rings is 1. The maximum Gasteiger partial charge on any atom is 0.0392 e. The normalized spacial score (nSPS) is 13.2. The van der Waals surface area contributed by atoms with Gasteiger partial charge in [-0.05, 0) is 30.4 Å². The summed E-state index contributed by atoms with van der Waals surface area (Å²) in [5.41, 5.74) is 7.45. The van der Waals surface area contributed by atoms with E-state index >= 15 is 0 Å². The van der Waals surface area contributed by atoms with E-state index in [9.17, 15) is 0 Å². The third-order valence-electron chi connectivity index (χ3n) is 2.36. The van der Waals surface area contributed by atoms with Crippen LogP contribution < -0.4 is 5.73 Å². The molecular formula is C11H19NS. The van der Waals surface area contributed by atoms with Crippen LogP contribution in [0.25, 0.3) is 0 Å². The van der Waals surface area contributed by atoms with E-state index in [4.69, 9.17) is 5.73 Å². The minimum absolute atomic E-state index is 0.270. The Balaban J connectivity index is 2.39. The standard InChI is InChI=1S/C11H19NS/c1-3-4-5-6-10(12)11-9(2)7-8-13-11/h7-8,10H,3-6,12H2,1-2H3. The minimum atomic E-state index is 0.270. The summed E-state index contributed by atoms with van der Waals surface area (Å²) in [7, 11) is 0. The van der Waals surface area contributed by atoms with Gasteiger partial charge in [-0.25, -0.2) is 0 Å². The highest BCUT2D eigenvalue weighted by molar-refractivity contribution is 7.10. The maximum absolute atomic E-state index is 6.09. The van der Waals surface area contributed by atoms with Gasteiger partial charge in [0.25, 0.3) is 0 Å². The van der Waals surface area contributed by atoms with E-state index in [2.05, 4.69) is 25.3 Å². The van der Waals surface area contributed by atoms with Gasteiger partial charge >= 0.3 is 0 Å². The Morgan fingerprint density at radius 3 is 2.77 bits per heavy atom. The zero-order chi connectivity index (χ0) is 9.68. The van der Waals surface area contributed by atoms with E-state index in [1.165, 1.54) is 29.7 Å². The van der Waals surface area contributed by atoms with Gasteiger partial charge in [0.05, 0.1) is 0 Å². The van der Waals surface area contributed by atoms with Gasteiger partial charge in [-0.1, -0.05) is 26.2 Å². The zero-order valence-electron chi connectivity index (χ0n) is 8.55. The molecule has 2 heteroatoms. The van der Waals surface area contributed by atoms with Gasteiger partial charge in [0.15, 0.2) is 0 Å². The molecule has 0 saturated carbocycles. The molecule has 0 radical (unpaired) electrons. The largest absolute Gasteiger partial charge is 0.323 e. The summed E-state index contributed by atoms with van der Waals surface area (Å²) in [4.78, 5) is 1.37. The molecule has 1 aromatic heterocycles. The van der Waals surface area contributed by atoms with Gasteiger partial charge in [0, 0.05) is 10.9 Å². The summed E-state index contributed by atoms with van der Waals surface area (Å²) in [6.45, 7) is 4.37. The van der Waals surface area contributed by atoms with Gasteiger partial charge in [-0.3, -0.25) is 0 Å². The summed E-state index contributed by atoms with van der Waals surface area (Å²) in [6, 6.07) is 2.42. The zero-order valence-corrected chi connectivity index (χ0v) is 9.36. The van der Waals surface area contributed by atoms with Crippen LogP contribution >= 0.6 is 11.3 Å².